The Bertz CT molecular complexity index is 582. The number of hydrogen-bond donors (Lipinski definition) is 1. The number of nitrogens with one attached hydrogen (secondary N) is 1. The number of hydrogen-bond acceptors (Lipinski definition) is 3. The van der Waals surface area contributed by atoms with Crippen LogP contribution in [0.5, 0.6) is 0 Å². The van der Waals surface area contributed by atoms with E-state index in [2.05, 4.69) is 56.3 Å². The number of aryl methyl sites for hydroxylation is 1. The van der Waals surface area contributed by atoms with E-state index in [0.29, 0.717) is 0 Å². The lowest BCUT2D eigenvalue weighted by Crippen LogP contribution is -2.43. The van der Waals surface area contributed by atoms with E-state index in [9.17, 15) is 0 Å². The maximum Gasteiger partial charge on any atom is 0.0752 e. The molecule has 0 unspecified atom stereocenters. The molecule has 1 aromatic heterocycles. The van der Waals surface area contributed by atoms with Crippen molar-refractivity contribution in [3.8, 4) is 0 Å². The van der Waals surface area contributed by atoms with Crippen LogP contribution in [0.3, 0.4) is 0 Å². The number of fused-ring (bicyclic) bond motifs is 1. The van der Waals surface area contributed by atoms with Gasteiger partial charge in [0, 0.05) is 47.9 Å². The second-order valence-corrected chi connectivity index (χ2v) is 5.60. The molecule has 0 amide bonds. The Labute approximate surface area is 127 Å². The van der Waals surface area contributed by atoms with E-state index in [4.69, 9.17) is 0 Å². The van der Waals surface area contributed by atoms with Gasteiger partial charge in [-0.2, -0.15) is 0 Å². The molecule has 1 N–H and O–H groups in total. The number of benzene rings is 1. The summed E-state index contributed by atoms with van der Waals surface area (Å²) in [5.41, 5.74) is 3.62. The maximum absolute atomic E-state index is 4.51. The molecule has 5 heteroatoms. The van der Waals surface area contributed by atoms with Crippen LogP contribution < -0.4 is 10.2 Å². The molecule has 0 spiro atoms. The van der Waals surface area contributed by atoms with Gasteiger partial charge in [0.2, 0.25) is 0 Å². The number of piperazine rings is 1. The summed E-state index contributed by atoms with van der Waals surface area (Å²) in [4.78, 5) is 6.95. The Balaban J connectivity index is 0.00000133. The van der Waals surface area contributed by atoms with Crippen molar-refractivity contribution >= 4 is 44.9 Å². The number of aromatic nitrogens is 1. The summed E-state index contributed by atoms with van der Waals surface area (Å²) in [7, 11) is 0. The second-order valence-electron chi connectivity index (χ2n) is 4.69. The number of halogens is 2. The van der Waals surface area contributed by atoms with Gasteiger partial charge in [-0.15, -0.1) is 12.4 Å². The lowest BCUT2D eigenvalue weighted by Gasteiger charge is -2.30. The predicted octanol–water partition coefficient (Wildman–Crippen LogP) is 3.14. The highest BCUT2D eigenvalue weighted by Crippen LogP contribution is 2.30. The van der Waals surface area contributed by atoms with Crippen LogP contribution >= 0.6 is 28.3 Å². The molecule has 0 atom stereocenters. The smallest absolute Gasteiger partial charge is 0.0752 e. The summed E-state index contributed by atoms with van der Waals surface area (Å²) >= 11 is 3.58. The van der Waals surface area contributed by atoms with Crippen LogP contribution in [0.25, 0.3) is 10.9 Å². The zero-order valence-corrected chi connectivity index (χ0v) is 13.2. The summed E-state index contributed by atoms with van der Waals surface area (Å²) in [5.74, 6) is 0. The lowest BCUT2D eigenvalue weighted by molar-refractivity contribution is 0.590. The number of nitrogens with zero attached hydrogens (tertiary/aromatic N) is 2. The fourth-order valence-corrected chi connectivity index (χ4v) is 3.13. The average Bonchev–Trinajstić information content (AvgIpc) is 2.39. The van der Waals surface area contributed by atoms with E-state index in [1.807, 2.05) is 6.20 Å². The van der Waals surface area contributed by atoms with Gasteiger partial charge in [0.25, 0.3) is 0 Å². The molecule has 3 rings (SSSR count). The number of anilines is 1. The largest absolute Gasteiger partial charge is 0.368 e. The van der Waals surface area contributed by atoms with Crippen molar-refractivity contribution in [2.75, 3.05) is 31.1 Å². The van der Waals surface area contributed by atoms with Crippen molar-refractivity contribution < 1.29 is 0 Å². The molecule has 1 fully saturated rings. The lowest BCUT2D eigenvalue weighted by atomic mass is 10.1. The summed E-state index contributed by atoms with van der Waals surface area (Å²) in [5, 5.41) is 4.63. The molecule has 0 radical (unpaired) electrons. The van der Waals surface area contributed by atoms with Gasteiger partial charge in [-0.05, 0) is 30.7 Å². The van der Waals surface area contributed by atoms with Crippen LogP contribution in [-0.4, -0.2) is 31.2 Å². The van der Waals surface area contributed by atoms with Gasteiger partial charge in [-0.1, -0.05) is 15.9 Å². The molecule has 1 saturated heterocycles. The van der Waals surface area contributed by atoms with Crippen LogP contribution in [0.15, 0.2) is 28.9 Å². The van der Waals surface area contributed by atoms with Crippen molar-refractivity contribution in [3.05, 3.63) is 34.4 Å². The predicted molar refractivity (Wildman–Crippen MR) is 86.5 cm³/mol. The van der Waals surface area contributed by atoms with Gasteiger partial charge in [-0.25, -0.2) is 0 Å². The van der Waals surface area contributed by atoms with Gasteiger partial charge in [0.1, 0.15) is 0 Å². The van der Waals surface area contributed by atoms with E-state index in [1.54, 1.807) is 0 Å². The van der Waals surface area contributed by atoms with Crippen molar-refractivity contribution in [2.45, 2.75) is 6.92 Å². The molecule has 3 nitrogen and oxygen atoms in total. The minimum absolute atomic E-state index is 0. The van der Waals surface area contributed by atoms with E-state index in [-0.39, 0.29) is 12.4 Å². The molecule has 0 bridgehead atoms. The fraction of sp³-hybridized carbons (Fsp3) is 0.357. The first-order valence-electron chi connectivity index (χ1n) is 6.26. The highest BCUT2D eigenvalue weighted by molar-refractivity contribution is 9.10. The van der Waals surface area contributed by atoms with E-state index in [0.717, 1.165) is 36.2 Å². The quantitative estimate of drug-likeness (QED) is 0.863. The summed E-state index contributed by atoms with van der Waals surface area (Å²) in [6, 6.07) is 6.42. The Morgan fingerprint density at radius 3 is 2.74 bits per heavy atom. The van der Waals surface area contributed by atoms with Crippen molar-refractivity contribution in [3.63, 3.8) is 0 Å². The zero-order valence-electron chi connectivity index (χ0n) is 10.8. The first kappa shape index (κ1) is 14.6. The molecule has 0 saturated carbocycles. The van der Waals surface area contributed by atoms with Gasteiger partial charge >= 0.3 is 0 Å². The van der Waals surface area contributed by atoms with Gasteiger partial charge in [-0.3, -0.25) is 4.98 Å². The summed E-state index contributed by atoms with van der Waals surface area (Å²) in [6.45, 7) is 6.34. The SMILES string of the molecule is Cc1cc(Br)cc2c(N3CCNCC3)ccnc12.Cl. The summed E-state index contributed by atoms with van der Waals surface area (Å²) < 4.78 is 1.12. The molecule has 102 valence electrons. The minimum Gasteiger partial charge on any atom is -0.368 e. The summed E-state index contributed by atoms with van der Waals surface area (Å²) in [6.07, 6.45) is 1.92. The first-order chi connectivity index (χ1) is 8.75. The first-order valence-corrected chi connectivity index (χ1v) is 7.05. The third-order valence-electron chi connectivity index (χ3n) is 3.43. The highest BCUT2D eigenvalue weighted by atomic mass is 79.9. The van der Waals surface area contributed by atoms with Gasteiger partial charge < -0.3 is 10.2 Å². The third-order valence-corrected chi connectivity index (χ3v) is 3.89. The van der Waals surface area contributed by atoms with E-state index >= 15 is 0 Å². The molecular formula is C14H17BrClN3. The normalized spacial score (nSPS) is 15.4. The second kappa shape index (κ2) is 6.07. The van der Waals surface area contributed by atoms with Crippen LogP contribution in [0, 0.1) is 6.92 Å². The molecule has 2 heterocycles. The fourth-order valence-electron chi connectivity index (χ4n) is 2.56. The van der Waals surface area contributed by atoms with Gasteiger partial charge in [0.15, 0.2) is 0 Å². The molecule has 0 aliphatic carbocycles. The van der Waals surface area contributed by atoms with Crippen molar-refractivity contribution in [2.24, 2.45) is 0 Å². The topological polar surface area (TPSA) is 28.2 Å². The zero-order chi connectivity index (χ0) is 12.5. The molecule has 1 aliphatic heterocycles. The Kier molecular flexibility index (Phi) is 4.66. The van der Waals surface area contributed by atoms with Crippen LogP contribution in [0.4, 0.5) is 5.69 Å². The molecule has 1 aliphatic rings. The molecule has 2 aromatic rings. The Morgan fingerprint density at radius 1 is 1.26 bits per heavy atom. The molecule has 19 heavy (non-hydrogen) atoms. The van der Waals surface area contributed by atoms with E-state index < -0.39 is 0 Å². The monoisotopic (exact) mass is 341 g/mol. The molecular weight excluding hydrogens is 326 g/mol. The van der Waals surface area contributed by atoms with E-state index in [1.165, 1.54) is 16.6 Å². The number of rotatable bonds is 1. The highest BCUT2D eigenvalue weighted by Gasteiger charge is 2.14. The number of pyridine rings is 1. The Morgan fingerprint density at radius 2 is 2.00 bits per heavy atom. The van der Waals surface area contributed by atoms with Crippen molar-refractivity contribution in [1.82, 2.24) is 10.3 Å². The minimum atomic E-state index is 0. The van der Waals surface area contributed by atoms with Crippen LogP contribution in [0.1, 0.15) is 5.56 Å². The third kappa shape index (κ3) is 2.86. The standard InChI is InChI=1S/C14H16BrN3.ClH/c1-10-8-11(15)9-12-13(2-3-17-14(10)12)18-6-4-16-5-7-18;/h2-3,8-9,16H,4-7H2,1H3;1H. The Hall–Kier alpha value is -0.840. The van der Waals surface area contributed by atoms with Crippen molar-refractivity contribution in [1.29, 1.82) is 0 Å². The van der Waals surface area contributed by atoms with Gasteiger partial charge in [0.05, 0.1) is 5.52 Å². The van der Waals surface area contributed by atoms with Crippen LogP contribution in [0.2, 0.25) is 0 Å². The maximum atomic E-state index is 4.51. The molecule has 1 aromatic carbocycles. The average molecular weight is 343 g/mol. The van der Waals surface area contributed by atoms with Crippen LogP contribution in [-0.2, 0) is 0 Å².